The largest absolute Gasteiger partial charge is 0.384 e. The Morgan fingerprint density at radius 1 is 0.947 bits per heavy atom. The van der Waals surface area contributed by atoms with Crippen molar-refractivity contribution in [1.82, 2.24) is 0 Å². The molecule has 0 aromatic carbocycles. The van der Waals surface area contributed by atoms with Crippen molar-refractivity contribution >= 4 is 0 Å². The van der Waals surface area contributed by atoms with Crippen molar-refractivity contribution in [1.29, 1.82) is 0 Å². The molecule has 0 aliphatic heterocycles. The molecule has 0 amide bonds. The summed E-state index contributed by atoms with van der Waals surface area (Å²) in [5.74, 6) is 2.28. The third-order valence-electron chi connectivity index (χ3n) is 4.78. The number of rotatable bonds is 10. The van der Waals surface area contributed by atoms with E-state index in [0.29, 0.717) is 11.8 Å². The fourth-order valence-electron chi connectivity index (χ4n) is 3.70. The molecule has 0 aromatic rings. The summed E-state index contributed by atoms with van der Waals surface area (Å²) in [6.07, 6.45) is 12.4. The number of hydrogen-bond donors (Lipinski definition) is 0. The normalized spacial score (nSPS) is 20.4. The van der Waals surface area contributed by atoms with Gasteiger partial charge in [0.2, 0.25) is 0 Å². The molecular formula is C17H34O2. The minimum absolute atomic E-state index is 0.694. The summed E-state index contributed by atoms with van der Waals surface area (Å²) < 4.78 is 11.0. The van der Waals surface area contributed by atoms with E-state index in [1.165, 1.54) is 57.8 Å². The maximum absolute atomic E-state index is 5.54. The molecule has 1 saturated carbocycles. The predicted octanol–water partition coefficient (Wildman–Crippen LogP) is 4.67. The second kappa shape index (κ2) is 10.7. The van der Waals surface area contributed by atoms with E-state index in [1.807, 2.05) is 14.2 Å². The van der Waals surface area contributed by atoms with Crippen LogP contribution >= 0.6 is 0 Å². The molecule has 0 heterocycles. The Hall–Kier alpha value is -0.0800. The van der Waals surface area contributed by atoms with Gasteiger partial charge < -0.3 is 9.47 Å². The Balaban J connectivity index is 2.55. The van der Waals surface area contributed by atoms with Crippen molar-refractivity contribution in [3.8, 4) is 0 Å². The number of hydrogen-bond acceptors (Lipinski definition) is 2. The number of ether oxygens (including phenoxy) is 2. The smallest absolute Gasteiger partial charge is 0.0496 e. The van der Waals surface area contributed by atoms with Gasteiger partial charge in [-0.25, -0.2) is 0 Å². The minimum atomic E-state index is 0.694. The lowest BCUT2D eigenvalue weighted by molar-refractivity contribution is 0.0254. The molecule has 1 aliphatic rings. The first-order valence-electron chi connectivity index (χ1n) is 8.31. The van der Waals surface area contributed by atoms with Crippen LogP contribution in [0.15, 0.2) is 0 Å². The summed E-state index contributed by atoms with van der Waals surface area (Å²) in [7, 11) is 3.70. The van der Waals surface area contributed by atoms with Gasteiger partial charge in [-0.15, -0.1) is 0 Å². The first-order valence-corrected chi connectivity index (χ1v) is 8.31. The topological polar surface area (TPSA) is 18.5 Å². The van der Waals surface area contributed by atoms with Crippen LogP contribution in [0.3, 0.4) is 0 Å². The van der Waals surface area contributed by atoms with Gasteiger partial charge in [0.25, 0.3) is 0 Å². The standard InChI is InChI=1S/C17H34O2/c1-4-5-7-12-16(13-18-2)17(14-19-3)15-10-8-6-9-11-15/h15-17H,4-14H2,1-3H3. The summed E-state index contributed by atoms with van der Waals surface area (Å²) in [6.45, 7) is 4.11. The van der Waals surface area contributed by atoms with E-state index in [-0.39, 0.29) is 0 Å². The minimum Gasteiger partial charge on any atom is -0.384 e. The Morgan fingerprint density at radius 3 is 2.21 bits per heavy atom. The van der Waals surface area contributed by atoms with E-state index in [0.717, 1.165) is 19.1 Å². The molecule has 0 aromatic heterocycles. The fourth-order valence-corrected chi connectivity index (χ4v) is 3.70. The first kappa shape index (κ1) is 17.0. The summed E-state index contributed by atoms with van der Waals surface area (Å²) >= 11 is 0. The highest BCUT2D eigenvalue weighted by Gasteiger charge is 2.30. The second-order valence-electron chi connectivity index (χ2n) is 6.23. The van der Waals surface area contributed by atoms with E-state index < -0.39 is 0 Å². The lowest BCUT2D eigenvalue weighted by atomic mass is 9.73. The SMILES string of the molecule is CCCCCC(COC)C(COC)C1CCCCC1. The zero-order valence-corrected chi connectivity index (χ0v) is 13.3. The van der Waals surface area contributed by atoms with Crippen molar-refractivity contribution in [3.63, 3.8) is 0 Å². The number of methoxy groups -OCH3 is 2. The third kappa shape index (κ3) is 6.27. The van der Waals surface area contributed by atoms with Gasteiger partial charge in [0.15, 0.2) is 0 Å². The van der Waals surface area contributed by atoms with Gasteiger partial charge in [-0.2, -0.15) is 0 Å². The first-order chi connectivity index (χ1) is 9.33. The Kier molecular flexibility index (Phi) is 9.54. The van der Waals surface area contributed by atoms with Crippen molar-refractivity contribution in [3.05, 3.63) is 0 Å². The molecule has 1 aliphatic carbocycles. The van der Waals surface area contributed by atoms with Crippen LogP contribution in [0.25, 0.3) is 0 Å². The van der Waals surface area contributed by atoms with Gasteiger partial charge in [-0.3, -0.25) is 0 Å². The monoisotopic (exact) mass is 270 g/mol. The molecule has 2 unspecified atom stereocenters. The molecule has 0 radical (unpaired) electrons. The average molecular weight is 270 g/mol. The maximum Gasteiger partial charge on any atom is 0.0496 e. The van der Waals surface area contributed by atoms with Crippen LogP contribution in [0.5, 0.6) is 0 Å². The van der Waals surface area contributed by atoms with Gasteiger partial charge in [0.1, 0.15) is 0 Å². The van der Waals surface area contributed by atoms with Crippen molar-refractivity contribution in [2.45, 2.75) is 64.7 Å². The quantitative estimate of drug-likeness (QED) is 0.537. The van der Waals surface area contributed by atoms with Gasteiger partial charge in [-0.05, 0) is 24.2 Å². The summed E-state index contributed by atoms with van der Waals surface area (Å²) in [4.78, 5) is 0. The van der Waals surface area contributed by atoms with Crippen LogP contribution in [0.1, 0.15) is 64.7 Å². The molecule has 114 valence electrons. The summed E-state index contributed by atoms with van der Waals surface area (Å²) in [6, 6.07) is 0. The Morgan fingerprint density at radius 2 is 1.63 bits per heavy atom. The van der Waals surface area contributed by atoms with E-state index in [4.69, 9.17) is 9.47 Å². The molecule has 0 saturated heterocycles. The lowest BCUT2D eigenvalue weighted by Gasteiger charge is -2.35. The van der Waals surface area contributed by atoms with Crippen LogP contribution in [-0.2, 0) is 9.47 Å². The predicted molar refractivity (Wildman–Crippen MR) is 81.4 cm³/mol. The summed E-state index contributed by atoms with van der Waals surface area (Å²) in [5.41, 5.74) is 0. The molecule has 2 heteroatoms. The molecule has 1 rings (SSSR count). The number of unbranched alkanes of at least 4 members (excludes halogenated alkanes) is 2. The van der Waals surface area contributed by atoms with E-state index in [9.17, 15) is 0 Å². The van der Waals surface area contributed by atoms with Crippen LogP contribution in [-0.4, -0.2) is 27.4 Å². The highest BCUT2D eigenvalue weighted by Crippen LogP contribution is 2.36. The van der Waals surface area contributed by atoms with Gasteiger partial charge >= 0.3 is 0 Å². The van der Waals surface area contributed by atoms with E-state index in [2.05, 4.69) is 6.92 Å². The Bertz CT molecular complexity index is 199. The fraction of sp³-hybridized carbons (Fsp3) is 1.00. The van der Waals surface area contributed by atoms with Crippen LogP contribution < -0.4 is 0 Å². The average Bonchev–Trinajstić information content (AvgIpc) is 2.45. The highest BCUT2D eigenvalue weighted by atomic mass is 16.5. The molecule has 0 bridgehead atoms. The summed E-state index contributed by atoms with van der Waals surface area (Å²) in [5, 5.41) is 0. The highest BCUT2D eigenvalue weighted by molar-refractivity contribution is 4.80. The van der Waals surface area contributed by atoms with Crippen molar-refractivity contribution in [2.24, 2.45) is 17.8 Å². The maximum atomic E-state index is 5.54. The van der Waals surface area contributed by atoms with Crippen LogP contribution in [0.2, 0.25) is 0 Å². The molecular weight excluding hydrogens is 236 g/mol. The second-order valence-corrected chi connectivity index (χ2v) is 6.23. The zero-order valence-electron chi connectivity index (χ0n) is 13.3. The van der Waals surface area contributed by atoms with Gasteiger partial charge in [-0.1, -0.05) is 58.3 Å². The van der Waals surface area contributed by atoms with Gasteiger partial charge in [0.05, 0.1) is 0 Å². The van der Waals surface area contributed by atoms with Crippen LogP contribution in [0.4, 0.5) is 0 Å². The molecule has 0 spiro atoms. The van der Waals surface area contributed by atoms with Crippen LogP contribution in [0, 0.1) is 17.8 Å². The molecule has 2 nitrogen and oxygen atoms in total. The van der Waals surface area contributed by atoms with E-state index in [1.54, 1.807) is 0 Å². The lowest BCUT2D eigenvalue weighted by Crippen LogP contribution is -2.32. The third-order valence-corrected chi connectivity index (χ3v) is 4.78. The van der Waals surface area contributed by atoms with Crippen molar-refractivity contribution in [2.75, 3.05) is 27.4 Å². The molecule has 2 atom stereocenters. The zero-order chi connectivity index (χ0) is 13.9. The molecule has 0 N–H and O–H groups in total. The van der Waals surface area contributed by atoms with E-state index >= 15 is 0 Å². The van der Waals surface area contributed by atoms with Crippen molar-refractivity contribution < 1.29 is 9.47 Å². The molecule has 19 heavy (non-hydrogen) atoms. The Labute approximate surface area is 120 Å². The van der Waals surface area contributed by atoms with Gasteiger partial charge in [0, 0.05) is 27.4 Å². The molecule has 1 fully saturated rings.